The summed E-state index contributed by atoms with van der Waals surface area (Å²) in [6.45, 7) is 6.46. The smallest absolute Gasteiger partial charge is 0.334 e. The molecule has 0 atom stereocenters. The molecule has 0 saturated carbocycles. The third-order valence-electron chi connectivity index (χ3n) is 8.31. The van der Waals surface area contributed by atoms with Crippen LogP contribution in [-0.2, 0) is 31.0 Å². The maximum absolute atomic E-state index is 6.42. The van der Waals surface area contributed by atoms with E-state index in [9.17, 15) is 0 Å². The van der Waals surface area contributed by atoms with E-state index >= 15 is 0 Å². The summed E-state index contributed by atoms with van der Waals surface area (Å²) >= 11 is 0. The second-order valence-electron chi connectivity index (χ2n) is 10.7. The van der Waals surface area contributed by atoms with Crippen molar-refractivity contribution in [1.82, 2.24) is 0 Å². The third kappa shape index (κ3) is 14.7. The van der Waals surface area contributed by atoms with Crippen molar-refractivity contribution in [2.45, 2.75) is 120 Å². The molecular weight excluding hydrogens is 525 g/mol. The van der Waals surface area contributed by atoms with Gasteiger partial charge >= 0.3 is 25.7 Å². The van der Waals surface area contributed by atoms with Gasteiger partial charge in [-0.05, 0) is 57.0 Å². The van der Waals surface area contributed by atoms with Crippen LogP contribution in [0.3, 0.4) is 0 Å². The molecule has 0 bridgehead atoms. The SMILES string of the molecule is CO[Si](C)(CCCCCC(CCCCC[Si](C)(OC)OC)(CCCCC[Si](C)(OC)OC)O[SiH3])OC. The van der Waals surface area contributed by atoms with Crippen molar-refractivity contribution in [3.05, 3.63) is 0 Å². The van der Waals surface area contributed by atoms with Crippen LogP contribution in [0, 0.1) is 0 Å². The topological polar surface area (TPSA) is 64.6 Å². The molecule has 0 aliphatic rings. The minimum atomic E-state index is -1.96. The minimum absolute atomic E-state index is 0.0297. The van der Waals surface area contributed by atoms with Gasteiger partial charge in [0.1, 0.15) is 10.5 Å². The number of hydrogen-bond acceptors (Lipinski definition) is 7. The first-order chi connectivity index (χ1) is 17.0. The molecule has 0 fully saturated rings. The second kappa shape index (κ2) is 19.6. The van der Waals surface area contributed by atoms with Crippen LogP contribution in [0.15, 0.2) is 0 Å². The van der Waals surface area contributed by atoms with Crippen LogP contribution in [0.4, 0.5) is 0 Å². The highest BCUT2D eigenvalue weighted by atomic mass is 28.4. The zero-order chi connectivity index (χ0) is 27.6. The summed E-state index contributed by atoms with van der Waals surface area (Å²) in [7, 11) is 5.59. The van der Waals surface area contributed by atoms with Gasteiger partial charge < -0.3 is 31.0 Å². The van der Waals surface area contributed by atoms with E-state index in [0.29, 0.717) is 0 Å². The van der Waals surface area contributed by atoms with Crippen molar-refractivity contribution in [2.75, 3.05) is 42.7 Å². The Morgan fingerprint density at radius 3 is 0.889 bits per heavy atom. The maximum Gasteiger partial charge on any atom is 0.334 e. The summed E-state index contributed by atoms with van der Waals surface area (Å²) in [5.74, 6) is 0. The van der Waals surface area contributed by atoms with Crippen LogP contribution in [0.25, 0.3) is 0 Å². The normalized spacial score (nSPS) is 13.6. The fourth-order valence-electron chi connectivity index (χ4n) is 4.75. The predicted octanol–water partition coefficient (Wildman–Crippen LogP) is 5.80. The van der Waals surface area contributed by atoms with E-state index in [4.69, 9.17) is 31.0 Å². The van der Waals surface area contributed by atoms with Gasteiger partial charge in [-0.25, -0.2) is 0 Å². The Morgan fingerprint density at radius 2 is 0.694 bits per heavy atom. The van der Waals surface area contributed by atoms with Crippen molar-refractivity contribution in [1.29, 1.82) is 0 Å². The lowest BCUT2D eigenvalue weighted by Crippen LogP contribution is -2.36. The highest BCUT2D eigenvalue weighted by Crippen LogP contribution is 2.33. The van der Waals surface area contributed by atoms with Crippen molar-refractivity contribution < 1.29 is 31.0 Å². The summed E-state index contributed by atoms with van der Waals surface area (Å²) in [4.78, 5) is 0. The molecule has 0 unspecified atom stereocenters. The fraction of sp³-hybridized carbons (Fsp3) is 1.00. The van der Waals surface area contributed by atoms with Gasteiger partial charge in [-0.3, -0.25) is 0 Å². The van der Waals surface area contributed by atoms with E-state index in [1.54, 1.807) is 42.7 Å². The Bertz CT molecular complexity index is 461. The molecule has 0 aromatic carbocycles. The predicted molar refractivity (Wildman–Crippen MR) is 160 cm³/mol. The van der Waals surface area contributed by atoms with Crippen molar-refractivity contribution in [2.24, 2.45) is 0 Å². The van der Waals surface area contributed by atoms with Gasteiger partial charge in [-0.15, -0.1) is 0 Å². The first kappa shape index (κ1) is 36.6. The summed E-state index contributed by atoms with van der Waals surface area (Å²) in [6.07, 6.45) is 14.2. The molecule has 0 aliphatic carbocycles. The van der Waals surface area contributed by atoms with Gasteiger partial charge in [-0.1, -0.05) is 57.8 Å². The molecule has 0 aromatic rings. The number of rotatable bonds is 25. The van der Waals surface area contributed by atoms with E-state index in [1.165, 1.54) is 38.5 Å². The van der Waals surface area contributed by atoms with Crippen LogP contribution in [0.1, 0.15) is 77.0 Å². The minimum Gasteiger partial charge on any atom is -0.422 e. The Morgan fingerprint density at radius 1 is 0.444 bits per heavy atom. The number of unbranched alkanes of at least 4 members (excludes halogenated alkanes) is 6. The average molecular weight is 585 g/mol. The number of hydrogen-bond donors (Lipinski definition) is 0. The van der Waals surface area contributed by atoms with Crippen molar-refractivity contribution >= 4 is 36.2 Å². The first-order valence-corrected chi connectivity index (χ1v) is 22.3. The summed E-state index contributed by atoms with van der Waals surface area (Å²) in [6, 6.07) is 3.16. The van der Waals surface area contributed by atoms with Gasteiger partial charge in [0.15, 0.2) is 0 Å². The van der Waals surface area contributed by atoms with E-state index < -0.39 is 25.7 Å². The lowest BCUT2D eigenvalue weighted by atomic mass is 9.85. The molecule has 7 nitrogen and oxygen atoms in total. The zero-order valence-corrected chi connectivity index (χ0v) is 30.5. The summed E-state index contributed by atoms with van der Waals surface area (Å²) in [5.41, 5.74) is 0.0297. The first-order valence-electron chi connectivity index (χ1n) is 13.9. The van der Waals surface area contributed by atoms with Crippen LogP contribution < -0.4 is 0 Å². The highest BCUT2D eigenvalue weighted by molar-refractivity contribution is 6.66. The third-order valence-corrected chi connectivity index (χ3v) is 18.1. The quantitative estimate of drug-likeness (QED) is 0.0993. The van der Waals surface area contributed by atoms with Gasteiger partial charge in [0, 0.05) is 42.7 Å². The summed E-state index contributed by atoms with van der Waals surface area (Å²) in [5, 5.41) is 0. The van der Waals surface area contributed by atoms with Crippen LogP contribution in [0.5, 0.6) is 0 Å². The van der Waals surface area contributed by atoms with Gasteiger partial charge in [0.25, 0.3) is 0 Å². The molecule has 0 saturated heterocycles. The van der Waals surface area contributed by atoms with Gasteiger partial charge in [-0.2, -0.15) is 0 Å². The zero-order valence-electron chi connectivity index (χ0n) is 25.5. The van der Waals surface area contributed by atoms with Crippen LogP contribution >= 0.6 is 0 Å². The molecule has 0 radical (unpaired) electrons. The van der Waals surface area contributed by atoms with Gasteiger partial charge in [0.2, 0.25) is 0 Å². The molecule has 0 heterocycles. The lowest BCUT2D eigenvalue weighted by Gasteiger charge is -2.34. The molecule has 11 heteroatoms. The highest BCUT2D eigenvalue weighted by Gasteiger charge is 2.32. The molecular formula is C25H60O7Si4. The van der Waals surface area contributed by atoms with E-state index in [2.05, 4.69) is 19.6 Å². The Labute approximate surface area is 229 Å². The fourth-order valence-corrected chi connectivity index (χ4v) is 9.77. The van der Waals surface area contributed by atoms with Crippen molar-refractivity contribution in [3.63, 3.8) is 0 Å². The molecule has 36 heavy (non-hydrogen) atoms. The summed E-state index contributed by atoms with van der Waals surface area (Å²) < 4.78 is 40.4. The average Bonchev–Trinajstić information content (AvgIpc) is 2.91. The molecule has 0 spiro atoms. The Kier molecular flexibility index (Phi) is 19.9. The van der Waals surface area contributed by atoms with E-state index in [1.807, 2.05) is 0 Å². The molecule has 0 aromatic heterocycles. The molecule has 0 amide bonds. The van der Waals surface area contributed by atoms with E-state index in [0.717, 1.165) is 67.1 Å². The monoisotopic (exact) mass is 584 g/mol. The Hall–Kier alpha value is 0.588. The molecule has 0 aliphatic heterocycles. The largest absolute Gasteiger partial charge is 0.422 e. The molecule has 218 valence electrons. The van der Waals surface area contributed by atoms with Gasteiger partial charge in [0.05, 0.1) is 5.60 Å². The van der Waals surface area contributed by atoms with Crippen LogP contribution in [0.2, 0.25) is 37.8 Å². The lowest BCUT2D eigenvalue weighted by molar-refractivity contribution is 0.0425. The molecule has 0 rings (SSSR count). The second-order valence-corrected chi connectivity index (χ2v) is 21.9. The standard InChI is InChI=1S/C25H60O7Si4/c1-26-34(7,27-2)22-16-10-13-19-25(32-33,20-14-11-17-23-35(8,28-3)29-4)21-15-12-18-24-36(9,30-5)31-6/h10-24H2,1-9,33H3. The van der Waals surface area contributed by atoms with E-state index in [-0.39, 0.29) is 5.60 Å². The van der Waals surface area contributed by atoms with Crippen LogP contribution in [-0.4, -0.2) is 84.4 Å². The Balaban J connectivity index is 4.80. The van der Waals surface area contributed by atoms with Crippen molar-refractivity contribution in [3.8, 4) is 0 Å². The maximum atomic E-state index is 6.42. The molecule has 0 N–H and O–H groups in total.